The van der Waals surface area contributed by atoms with Gasteiger partial charge in [0.2, 0.25) is 0 Å². The van der Waals surface area contributed by atoms with E-state index in [9.17, 15) is 0 Å². The van der Waals surface area contributed by atoms with Crippen molar-refractivity contribution < 1.29 is 0 Å². The van der Waals surface area contributed by atoms with Crippen molar-refractivity contribution in [2.45, 2.75) is 52.0 Å². The second-order valence-electron chi connectivity index (χ2n) is 5.18. The molecule has 0 rings (SSSR count). The predicted octanol–water partition coefficient (Wildman–Crippen LogP) is 3.14. The van der Waals surface area contributed by atoms with Gasteiger partial charge in [-0.05, 0) is 11.3 Å². The van der Waals surface area contributed by atoms with E-state index in [-0.39, 0.29) is 0 Å². The maximum Gasteiger partial charge on any atom is 0.0221 e. The molecule has 0 aromatic heterocycles. The minimum Gasteiger partial charge on any atom is -0.329 e. The van der Waals surface area contributed by atoms with Crippen LogP contribution in [-0.2, 0) is 0 Å². The summed E-state index contributed by atoms with van der Waals surface area (Å²) in [6.07, 6.45) is 0. The van der Waals surface area contributed by atoms with Crippen LogP contribution < -0.4 is 5.73 Å². The number of nitrogens with two attached hydrogens (primary N) is 1. The number of hydrogen-bond donors (Lipinski definition) is 1. The highest BCUT2D eigenvalue weighted by molar-refractivity contribution is 8.00. The van der Waals surface area contributed by atoms with E-state index in [0.29, 0.717) is 15.9 Å². The Balaban J connectivity index is 4.14. The van der Waals surface area contributed by atoms with Crippen molar-refractivity contribution in [1.82, 2.24) is 0 Å². The van der Waals surface area contributed by atoms with Crippen LogP contribution in [0.5, 0.6) is 0 Å². The van der Waals surface area contributed by atoms with Crippen molar-refractivity contribution in [2.75, 3.05) is 6.54 Å². The molecular formula is C11H25NS. The molecule has 2 heteroatoms. The zero-order valence-electron chi connectivity index (χ0n) is 9.92. The highest BCUT2D eigenvalue weighted by Gasteiger charge is 2.26. The van der Waals surface area contributed by atoms with Crippen LogP contribution in [0.15, 0.2) is 0 Å². The third kappa shape index (κ3) is 4.92. The molecule has 0 bridgehead atoms. The van der Waals surface area contributed by atoms with Gasteiger partial charge in [-0.25, -0.2) is 0 Å². The molecule has 0 saturated carbocycles. The van der Waals surface area contributed by atoms with Crippen molar-refractivity contribution in [1.29, 1.82) is 0 Å². The molecule has 1 nitrogen and oxygen atoms in total. The Morgan fingerprint density at radius 1 is 1.15 bits per heavy atom. The summed E-state index contributed by atoms with van der Waals surface area (Å²) in [5, 5.41) is 1.28. The standard InChI is InChI=1S/C11H25NS/c1-8(2)9(3)13-10(7-12)11(4,5)6/h8-10H,7,12H2,1-6H3. The van der Waals surface area contributed by atoms with E-state index in [1.807, 2.05) is 11.8 Å². The number of rotatable bonds is 4. The zero-order chi connectivity index (χ0) is 10.6. The molecule has 0 spiro atoms. The van der Waals surface area contributed by atoms with Crippen LogP contribution in [0.25, 0.3) is 0 Å². The summed E-state index contributed by atoms with van der Waals surface area (Å²) in [6, 6.07) is 0. The molecule has 0 saturated heterocycles. The maximum absolute atomic E-state index is 5.79. The van der Waals surface area contributed by atoms with Crippen molar-refractivity contribution >= 4 is 11.8 Å². The minimum atomic E-state index is 0.322. The van der Waals surface area contributed by atoms with Crippen molar-refractivity contribution in [3.05, 3.63) is 0 Å². The van der Waals surface area contributed by atoms with Gasteiger partial charge >= 0.3 is 0 Å². The summed E-state index contributed by atoms with van der Waals surface area (Å²) in [5.74, 6) is 0.737. The summed E-state index contributed by atoms with van der Waals surface area (Å²) in [6.45, 7) is 14.4. The van der Waals surface area contributed by atoms with Crippen molar-refractivity contribution in [2.24, 2.45) is 17.1 Å². The SMILES string of the molecule is CC(C)C(C)SC(CN)C(C)(C)C. The van der Waals surface area contributed by atoms with Crippen LogP contribution in [0.2, 0.25) is 0 Å². The summed E-state index contributed by atoms with van der Waals surface area (Å²) < 4.78 is 0. The lowest BCUT2D eigenvalue weighted by atomic mass is 9.92. The van der Waals surface area contributed by atoms with Gasteiger partial charge in [0.1, 0.15) is 0 Å². The lowest BCUT2D eigenvalue weighted by Crippen LogP contribution is -2.33. The monoisotopic (exact) mass is 203 g/mol. The quantitative estimate of drug-likeness (QED) is 0.759. The van der Waals surface area contributed by atoms with Gasteiger partial charge in [0.05, 0.1) is 0 Å². The summed E-state index contributed by atoms with van der Waals surface area (Å²) >= 11 is 2.03. The first-order valence-corrected chi connectivity index (χ1v) is 6.08. The Morgan fingerprint density at radius 2 is 1.62 bits per heavy atom. The predicted molar refractivity (Wildman–Crippen MR) is 64.2 cm³/mol. The van der Waals surface area contributed by atoms with Crippen molar-refractivity contribution in [3.8, 4) is 0 Å². The van der Waals surface area contributed by atoms with Crippen LogP contribution in [0.4, 0.5) is 0 Å². The zero-order valence-corrected chi connectivity index (χ0v) is 10.7. The number of hydrogen-bond acceptors (Lipinski definition) is 2. The van der Waals surface area contributed by atoms with E-state index in [4.69, 9.17) is 5.73 Å². The van der Waals surface area contributed by atoms with E-state index in [1.165, 1.54) is 0 Å². The van der Waals surface area contributed by atoms with Gasteiger partial charge in [0.15, 0.2) is 0 Å². The molecule has 0 aromatic carbocycles. The molecule has 0 amide bonds. The average Bonchev–Trinajstić information content (AvgIpc) is 1.96. The first-order valence-electron chi connectivity index (χ1n) is 5.14. The Morgan fingerprint density at radius 3 is 1.85 bits per heavy atom. The van der Waals surface area contributed by atoms with Crippen LogP contribution in [0.1, 0.15) is 41.5 Å². The summed E-state index contributed by atoms with van der Waals surface area (Å²) in [4.78, 5) is 0. The lowest BCUT2D eigenvalue weighted by molar-refractivity contribution is 0.396. The smallest absolute Gasteiger partial charge is 0.0221 e. The third-order valence-corrected chi connectivity index (χ3v) is 4.70. The highest BCUT2D eigenvalue weighted by Crippen LogP contribution is 2.34. The Bertz CT molecular complexity index is 138. The molecule has 2 N–H and O–H groups in total. The van der Waals surface area contributed by atoms with Gasteiger partial charge in [-0.2, -0.15) is 11.8 Å². The maximum atomic E-state index is 5.79. The van der Waals surface area contributed by atoms with Gasteiger partial charge < -0.3 is 5.73 Å². The van der Waals surface area contributed by atoms with Crippen molar-refractivity contribution in [3.63, 3.8) is 0 Å². The van der Waals surface area contributed by atoms with Crippen LogP contribution in [-0.4, -0.2) is 17.0 Å². The molecule has 2 atom stereocenters. The molecule has 0 radical (unpaired) electrons. The van der Waals surface area contributed by atoms with Gasteiger partial charge in [-0.15, -0.1) is 0 Å². The molecule has 13 heavy (non-hydrogen) atoms. The van der Waals surface area contributed by atoms with E-state index in [0.717, 1.165) is 12.5 Å². The van der Waals surface area contributed by atoms with E-state index >= 15 is 0 Å². The molecule has 80 valence electrons. The molecule has 0 aliphatic carbocycles. The average molecular weight is 203 g/mol. The molecule has 2 unspecified atom stereocenters. The first-order chi connectivity index (χ1) is 5.79. The minimum absolute atomic E-state index is 0.322. The Kier molecular flexibility index (Phi) is 5.38. The Labute approximate surface area is 87.9 Å². The normalized spacial score (nSPS) is 17.5. The van der Waals surface area contributed by atoms with Gasteiger partial charge in [0, 0.05) is 17.0 Å². The first kappa shape index (κ1) is 13.3. The largest absolute Gasteiger partial charge is 0.329 e. The second-order valence-corrected chi connectivity index (χ2v) is 6.76. The summed E-state index contributed by atoms with van der Waals surface area (Å²) in [7, 11) is 0. The van der Waals surface area contributed by atoms with Crippen LogP contribution in [0, 0.1) is 11.3 Å². The van der Waals surface area contributed by atoms with E-state index < -0.39 is 0 Å². The number of thioether (sulfide) groups is 1. The molecule has 0 aromatic rings. The Hall–Kier alpha value is 0.310. The van der Waals surface area contributed by atoms with Crippen LogP contribution in [0.3, 0.4) is 0 Å². The third-order valence-electron chi connectivity index (χ3n) is 2.50. The van der Waals surface area contributed by atoms with E-state index in [2.05, 4.69) is 41.5 Å². The van der Waals surface area contributed by atoms with Gasteiger partial charge in [-0.1, -0.05) is 41.5 Å². The van der Waals surface area contributed by atoms with E-state index in [1.54, 1.807) is 0 Å². The van der Waals surface area contributed by atoms with Gasteiger partial charge in [0.25, 0.3) is 0 Å². The fourth-order valence-electron chi connectivity index (χ4n) is 1.03. The fraction of sp³-hybridized carbons (Fsp3) is 1.00. The topological polar surface area (TPSA) is 26.0 Å². The molecule has 0 heterocycles. The molecule has 0 aliphatic rings. The highest BCUT2D eigenvalue weighted by atomic mass is 32.2. The molecule has 0 aliphatic heterocycles. The molecule has 0 fully saturated rings. The van der Waals surface area contributed by atoms with Gasteiger partial charge in [-0.3, -0.25) is 0 Å². The second kappa shape index (κ2) is 5.26. The van der Waals surface area contributed by atoms with Crippen LogP contribution >= 0.6 is 11.8 Å². The fourth-order valence-corrected chi connectivity index (χ4v) is 2.38. The molecular weight excluding hydrogens is 178 g/mol. The lowest BCUT2D eigenvalue weighted by Gasteiger charge is -2.32. The summed E-state index contributed by atoms with van der Waals surface area (Å²) in [5.41, 5.74) is 6.11.